The highest BCUT2D eigenvalue weighted by Crippen LogP contribution is 2.33. The van der Waals surface area contributed by atoms with E-state index in [1.54, 1.807) is 7.05 Å². The normalized spacial score (nSPS) is 14.8. The Bertz CT molecular complexity index is 1260. The van der Waals surface area contributed by atoms with Gasteiger partial charge in [0.2, 0.25) is 5.91 Å². The third-order valence-electron chi connectivity index (χ3n) is 5.46. The van der Waals surface area contributed by atoms with Gasteiger partial charge in [-0.25, -0.2) is 19.7 Å². The van der Waals surface area contributed by atoms with Gasteiger partial charge in [0.25, 0.3) is 5.56 Å². The topological polar surface area (TPSA) is 112 Å². The third kappa shape index (κ3) is 4.42. The van der Waals surface area contributed by atoms with Crippen LogP contribution >= 0.6 is 23.1 Å². The minimum atomic E-state index is -0.452. The molecule has 1 aliphatic rings. The summed E-state index contributed by atoms with van der Waals surface area (Å²) >= 11 is 2.55. The number of hydrogen-bond acceptors (Lipinski definition) is 8. The monoisotopic (exact) mass is 460 g/mol. The van der Waals surface area contributed by atoms with E-state index in [-0.39, 0.29) is 23.0 Å². The average molecular weight is 461 g/mol. The highest BCUT2D eigenvalue weighted by atomic mass is 32.2. The minimum absolute atomic E-state index is 0.0703. The summed E-state index contributed by atoms with van der Waals surface area (Å²) in [5.41, 5.74) is 0.281. The number of nitrogens with one attached hydrogen (secondary N) is 1. The number of carbonyl (C=O) groups excluding carboxylic acids is 1. The van der Waals surface area contributed by atoms with Gasteiger partial charge in [-0.2, -0.15) is 0 Å². The maximum atomic E-state index is 12.9. The lowest BCUT2D eigenvalue weighted by Gasteiger charge is -2.21. The van der Waals surface area contributed by atoms with E-state index in [4.69, 9.17) is 4.98 Å². The van der Waals surface area contributed by atoms with Crippen molar-refractivity contribution in [3.05, 3.63) is 37.7 Å². The van der Waals surface area contributed by atoms with E-state index < -0.39 is 11.2 Å². The average Bonchev–Trinajstić information content (AvgIpc) is 3.19. The zero-order chi connectivity index (χ0) is 22.1. The number of aryl methyl sites for hydroxylation is 2. The third-order valence-corrected chi connectivity index (χ3v) is 7.31. The Hall–Kier alpha value is -2.53. The van der Waals surface area contributed by atoms with E-state index in [1.807, 2.05) is 12.3 Å². The first-order chi connectivity index (χ1) is 14.8. The summed E-state index contributed by atoms with van der Waals surface area (Å²) in [5.74, 6) is 0.686. The van der Waals surface area contributed by atoms with Gasteiger partial charge in [-0.05, 0) is 19.8 Å². The van der Waals surface area contributed by atoms with Gasteiger partial charge in [0.1, 0.15) is 16.2 Å². The lowest BCUT2D eigenvalue weighted by Crippen LogP contribution is -2.38. The summed E-state index contributed by atoms with van der Waals surface area (Å²) in [6.45, 7) is 1.86. The van der Waals surface area contributed by atoms with Crippen LogP contribution in [0.2, 0.25) is 0 Å². The molecule has 0 unspecified atom stereocenters. The van der Waals surface area contributed by atoms with Gasteiger partial charge >= 0.3 is 5.69 Å². The highest BCUT2D eigenvalue weighted by molar-refractivity contribution is 8.00. The first-order valence-electron chi connectivity index (χ1n) is 10.2. The Morgan fingerprint density at radius 2 is 1.90 bits per heavy atom. The van der Waals surface area contributed by atoms with Crippen LogP contribution in [0.5, 0.6) is 0 Å². The number of rotatable bonds is 5. The lowest BCUT2D eigenvalue weighted by atomic mass is 9.89. The van der Waals surface area contributed by atoms with Gasteiger partial charge in [0.05, 0.1) is 11.4 Å². The first kappa shape index (κ1) is 21.7. The molecule has 3 aromatic heterocycles. The van der Waals surface area contributed by atoms with Crippen molar-refractivity contribution in [3.8, 4) is 0 Å². The quantitative estimate of drug-likeness (QED) is 0.460. The van der Waals surface area contributed by atoms with Crippen LogP contribution in [0, 0.1) is 6.92 Å². The van der Waals surface area contributed by atoms with Gasteiger partial charge in [-0.15, -0.1) is 11.3 Å². The van der Waals surface area contributed by atoms with Gasteiger partial charge < -0.3 is 5.32 Å². The zero-order valence-electron chi connectivity index (χ0n) is 17.7. The van der Waals surface area contributed by atoms with Crippen LogP contribution in [0.3, 0.4) is 0 Å². The number of hydrogen-bond donors (Lipinski definition) is 1. The van der Waals surface area contributed by atoms with E-state index in [1.165, 1.54) is 41.1 Å². The largest absolute Gasteiger partial charge is 0.332 e. The molecule has 4 rings (SSSR count). The predicted molar refractivity (Wildman–Crippen MR) is 122 cm³/mol. The first-order valence-corrected chi connectivity index (χ1v) is 12.0. The second-order valence-corrected chi connectivity index (χ2v) is 9.58. The van der Waals surface area contributed by atoms with Crippen molar-refractivity contribution < 1.29 is 4.79 Å². The van der Waals surface area contributed by atoms with E-state index in [9.17, 15) is 14.4 Å². The summed E-state index contributed by atoms with van der Waals surface area (Å²) in [6.07, 6.45) is 5.39. The molecular weight excluding hydrogens is 436 g/mol. The molecule has 0 bridgehead atoms. The molecule has 1 saturated carbocycles. The fourth-order valence-electron chi connectivity index (χ4n) is 3.79. The molecule has 9 nitrogen and oxygen atoms in total. The number of thiazole rings is 1. The molecule has 0 spiro atoms. The Balaban J connectivity index is 1.71. The molecule has 1 aliphatic carbocycles. The van der Waals surface area contributed by atoms with E-state index in [0.29, 0.717) is 21.6 Å². The van der Waals surface area contributed by atoms with Crippen LogP contribution in [0.4, 0.5) is 5.13 Å². The smallest absolute Gasteiger partial charge is 0.301 e. The Morgan fingerprint density at radius 1 is 1.16 bits per heavy atom. The molecule has 3 heterocycles. The van der Waals surface area contributed by atoms with Crippen LogP contribution in [0.15, 0.2) is 20.0 Å². The maximum Gasteiger partial charge on any atom is 0.332 e. The van der Waals surface area contributed by atoms with Gasteiger partial charge in [0, 0.05) is 25.4 Å². The van der Waals surface area contributed by atoms with Crippen molar-refractivity contribution in [1.82, 2.24) is 24.1 Å². The molecule has 1 fully saturated rings. The minimum Gasteiger partial charge on any atom is -0.301 e. The van der Waals surface area contributed by atoms with Crippen LogP contribution in [0.1, 0.15) is 49.5 Å². The summed E-state index contributed by atoms with van der Waals surface area (Å²) in [4.78, 5) is 51.4. The molecule has 164 valence electrons. The highest BCUT2D eigenvalue weighted by Gasteiger charge is 2.23. The molecule has 31 heavy (non-hydrogen) atoms. The van der Waals surface area contributed by atoms with Crippen molar-refractivity contribution in [2.45, 2.75) is 50.0 Å². The summed E-state index contributed by atoms with van der Waals surface area (Å²) in [5, 5.41) is 5.88. The second kappa shape index (κ2) is 8.91. The zero-order valence-corrected chi connectivity index (χ0v) is 19.3. The number of thioether (sulfide) groups is 1. The molecule has 0 saturated heterocycles. The van der Waals surface area contributed by atoms with Gasteiger partial charge in [-0.3, -0.25) is 18.7 Å². The van der Waals surface area contributed by atoms with E-state index in [2.05, 4.69) is 15.3 Å². The lowest BCUT2D eigenvalue weighted by molar-refractivity contribution is -0.113. The SMILES string of the molecule is Cc1csc(NC(=O)CSc2nc(C3CCCCC3)nc3c2c(=O)n(C)c(=O)n3C)n1. The standard InChI is InChI=1S/C20H24N6O3S2/c1-11-9-31-19(21-11)22-13(27)10-30-17-14-16(25(2)20(29)26(3)18(14)28)23-15(24-17)12-7-5-4-6-8-12/h9,12H,4-8,10H2,1-3H3,(H,21,22,27). The molecule has 1 N–H and O–H groups in total. The summed E-state index contributed by atoms with van der Waals surface area (Å²) in [7, 11) is 3.04. The maximum absolute atomic E-state index is 12.9. The van der Waals surface area contributed by atoms with Crippen molar-refractivity contribution in [1.29, 1.82) is 0 Å². The van der Waals surface area contributed by atoms with Crippen LogP contribution in [0.25, 0.3) is 11.0 Å². The van der Waals surface area contributed by atoms with Crippen LogP contribution in [-0.2, 0) is 18.9 Å². The number of nitrogens with zero attached hydrogens (tertiary/aromatic N) is 5. The molecule has 0 atom stereocenters. The fourth-order valence-corrected chi connectivity index (χ4v) is 5.32. The molecule has 1 amide bonds. The summed E-state index contributed by atoms with van der Waals surface area (Å²) in [6, 6.07) is 0. The predicted octanol–water partition coefficient (Wildman–Crippen LogP) is 2.57. The van der Waals surface area contributed by atoms with Crippen molar-refractivity contribution in [3.63, 3.8) is 0 Å². The molecular formula is C20H24N6O3S2. The number of amides is 1. The molecule has 0 radical (unpaired) electrons. The van der Waals surface area contributed by atoms with Crippen LogP contribution < -0.4 is 16.6 Å². The number of fused-ring (bicyclic) bond motifs is 1. The van der Waals surface area contributed by atoms with Crippen molar-refractivity contribution in [2.75, 3.05) is 11.1 Å². The van der Waals surface area contributed by atoms with Crippen LogP contribution in [-0.4, -0.2) is 35.7 Å². The Morgan fingerprint density at radius 3 is 2.58 bits per heavy atom. The number of aromatic nitrogens is 5. The van der Waals surface area contributed by atoms with E-state index >= 15 is 0 Å². The number of carbonyl (C=O) groups is 1. The summed E-state index contributed by atoms with van der Waals surface area (Å²) < 4.78 is 2.43. The van der Waals surface area contributed by atoms with E-state index in [0.717, 1.165) is 35.9 Å². The van der Waals surface area contributed by atoms with Crippen molar-refractivity contribution >= 4 is 45.2 Å². The second-order valence-electron chi connectivity index (χ2n) is 7.76. The van der Waals surface area contributed by atoms with Gasteiger partial charge in [0.15, 0.2) is 10.8 Å². The van der Waals surface area contributed by atoms with Crippen molar-refractivity contribution in [2.24, 2.45) is 14.1 Å². The fraction of sp³-hybridized carbons (Fsp3) is 0.500. The Labute approximate surface area is 186 Å². The number of anilines is 1. The molecule has 3 aromatic rings. The Kier molecular flexibility index (Phi) is 6.24. The molecule has 11 heteroatoms. The van der Waals surface area contributed by atoms with Gasteiger partial charge in [-0.1, -0.05) is 31.0 Å². The molecule has 0 aliphatic heterocycles. The molecule has 0 aromatic carbocycles.